The molecule has 0 spiro atoms. The standard InChI is InChI=1S/3C5H6F6O2.Zn/c3*6-4(7,8)2(12)1-3(13)5(9,10)11;/h3*2-3,12-13H,1H2;. The van der Waals surface area contributed by atoms with Gasteiger partial charge in [0.05, 0.1) is 0 Å². The molecule has 242 valence electrons. The van der Waals surface area contributed by atoms with E-state index in [2.05, 4.69) is 0 Å². The Balaban J connectivity index is -0.000000240. The second kappa shape index (κ2) is 16.7. The molecule has 6 unspecified atom stereocenters. The van der Waals surface area contributed by atoms with E-state index in [1.807, 2.05) is 0 Å². The Hall–Kier alpha value is -0.877. The van der Waals surface area contributed by atoms with Crippen molar-refractivity contribution in [2.24, 2.45) is 0 Å². The van der Waals surface area contributed by atoms with E-state index >= 15 is 0 Å². The van der Waals surface area contributed by atoms with Crippen molar-refractivity contribution < 1.29 is 129 Å². The second-order valence-electron chi connectivity index (χ2n) is 7.05. The fraction of sp³-hybridized carbons (Fsp3) is 1.00. The zero-order valence-electron chi connectivity index (χ0n) is 18.8. The maximum Gasteiger partial charge on any atom is 0.414 e. The molecule has 0 aromatic carbocycles. The van der Waals surface area contributed by atoms with Gasteiger partial charge in [0.25, 0.3) is 0 Å². The van der Waals surface area contributed by atoms with Gasteiger partial charge in [0.1, 0.15) is 0 Å². The molecule has 6 nitrogen and oxygen atoms in total. The summed E-state index contributed by atoms with van der Waals surface area (Å²) in [6.07, 6.45) is -55.3. The normalized spacial score (nSPS) is 18.0. The predicted octanol–water partition coefficient (Wildman–Crippen LogP) is 3.67. The smallest absolute Gasteiger partial charge is 0.384 e. The maximum absolute atomic E-state index is 11.5. The molecule has 0 aliphatic rings. The summed E-state index contributed by atoms with van der Waals surface area (Å²) in [6, 6.07) is 0. The first kappa shape index (κ1) is 46.1. The van der Waals surface area contributed by atoms with Crippen LogP contribution in [0.1, 0.15) is 19.3 Å². The number of alkyl halides is 18. The van der Waals surface area contributed by atoms with Crippen LogP contribution in [0, 0.1) is 0 Å². The van der Waals surface area contributed by atoms with E-state index < -0.39 is 92.9 Å². The zero-order valence-corrected chi connectivity index (χ0v) is 21.7. The molecule has 0 rings (SSSR count). The van der Waals surface area contributed by atoms with Crippen LogP contribution in [0.5, 0.6) is 0 Å². The molecule has 6 atom stereocenters. The third-order valence-electron chi connectivity index (χ3n) is 3.61. The summed E-state index contributed by atoms with van der Waals surface area (Å²) in [6.45, 7) is 0. The average molecular weight is 702 g/mol. The molecular formula is C15H18F18O6Zn. The van der Waals surface area contributed by atoms with Crippen molar-refractivity contribution in [3.8, 4) is 0 Å². The summed E-state index contributed by atoms with van der Waals surface area (Å²) in [4.78, 5) is 0. The van der Waals surface area contributed by atoms with Crippen molar-refractivity contribution in [1.82, 2.24) is 0 Å². The molecule has 0 fully saturated rings. The molecule has 0 aliphatic carbocycles. The van der Waals surface area contributed by atoms with E-state index in [9.17, 15) is 79.0 Å². The zero-order chi connectivity index (χ0) is 32.6. The first-order chi connectivity index (χ1) is 16.6. The van der Waals surface area contributed by atoms with E-state index in [-0.39, 0.29) is 19.5 Å². The molecule has 0 amide bonds. The van der Waals surface area contributed by atoms with Crippen LogP contribution in [0.15, 0.2) is 0 Å². The molecule has 25 heteroatoms. The van der Waals surface area contributed by atoms with Crippen molar-refractivity contribution in [3.63, 3.8) is 0 Å². The minimum atomic E-state index is -5.15. The molecule has 0 saturated carbocycles. The van der Waals surface area contributed by atoms with Crippen LogP contribution in [-0.4, -0.2) is 104 Å². The number of aliphatic hydroxyl groups excluding tert-OH is 6. The Labute approximate surface area is 222 Å². The van der Waals surface area contributed by atoms with Crippen molar-refractivity contribution in [1.29, 1.82) is 0 Å². The van der Waals surface area contributed by atoms with Gasteiger partial charge in [-0.1, -0.05) is 0 Å². The van der Waals surface area contributed by atoms with E-state index in [1.54, 1.807) is 0 Å². The van der Waals surface area contributed by atoms with Gasteiger partial charge in [-0.3, -0.25) is 0 Å². The molecule has 0 heterocycles. The van der Waals surface area contributed by atoms with Crippen molar-refractivity contribution in [2.45, 2.75) is 92.9 Å². The fourth-order valence-electron chi connectivity index (χ4n) is 1.44. The van der Waals surface area contributed by atoms with Gasteiger partial charge in [-0.15, -0.1) is 0 Å². The van der Waals surface area contributed by atoms with Gasteiger partial charge in [-0.2, -0.15) is 79.0 Å². The minimum Gasteiger partial charge on any atom is -0.384 e. The molecule has 0 aromatic heterocycles. The average Bonchev–Trinajstić information content (AvgIpc) is 2.64. The quantitative estimate of drug-likeness (QED) is 0.186. The molecule has 0 radical (unpaired) electrons. The van der Waals surface area contributed by atoms with E-state index in [0.717, 1.165) is 0 Å². The summed E-state index contributed by atoms with van der Waals surface area (Å²) < 4.78 is 206. The van der Waals surface area contributed by atoms with Crippen LogP contribution in [0.3, 0.4) is 0 Å². The van der Waals surface area contributed by atoms with Crippen molar-refractivity contribution >= 4 is 0 Å². The van der Waals surface area contributed by atoms with E-state index in [1.165, 1.54) is 0 Å². The van der Waals surface area contributed by atoms with Gasteiger partial charge in [-0.25, -0.2) is 0 Å². The second-order valence-corrected chi connectivity index (χ2v) is 7.05. The molecule has 40 heavy (non-hydrogen) atoms. The van der Waals surface area contributed by atoms with Crippen molar-refractivity contribution in [2.75, 3.05) is 0 Å². The number of hydrogen-bond donors (Lipinski definition) is 6. The predicted molar refractivity (Wildman–Crippen MR) is 86.2 cm³/mol. The summed E-state index contributed by atoms with van der Waals surface area (Å²) >= 11 is 0. The monoisotopic (exact) mass is 700 g/mol. The van der Waals surface area contributed by atoms with Crippen LogP contribution in [0.2, 0.25) is 0 Å². The third-order valence-corrected chi connectivity index (χ3v) is 3.61. The first-order valence-corrected chi connectivity index (χ1v) is 9.13. The Morgan fingerprint density at radius 2 is 0.350 bits per heavy atom. The summed E-state index contributed by atoms with van der Waals surface area (Å²) in [7, 11) is 0. The van der Waals surface area contributed by atoms with Gasteiger partial charge in [0.2, 0.25) is 0 Å². The number of halogens is 18. The molecule has 0 aromatic rings. The van der Waals surface area contributed by atoms with E-state index in [4.69, 9.17) is 30.6 Å². The van der Waals surface area contributed by atoms with Gasteiger partial charge in [0, 0.05) is 38.7 Å². The Morgan fingerprint density at radius 3 is 0.400 bits per heavy atom. The van der Waals surface area contributed by atoms with E-state index in [0.29, 0.717) is 0 Å². The van der Waals surface area contributed by atoms with Gasteiger partial charge in [-0.05, 0) is 0 Å². The van der Waals surface area contributed by atoms with Gasteiger partial charge in [0.15, 0.2) is 36.6 Å². The maximum atomic E-state index is 11.5. The number of hydrogen-bond acceptors (Lipinski definition) is 6. The van der Waals surface area contributed by atoms with Crippen molar-refractivity contribution in [3.05, 3.63) is 0 Å². The summed E-state index contributed by atoms with van der Waals surface area (Å²) in [5, 5.41) is 48.8. The van der Waals surface area contributed by atoms with Gasteiger partial charge >= 0.3 is 37.1 Å². The largest absolute Gasteiger partial charge is 0.414 e. The van der Waals surface area contributed by atoms with Crippen LogP contribution in [0.4, 0.5) is 79.0 Å². The summed E-state index contributed by atoms with van der Waals surface area (Å²) in [5.74, 6) is 0. The Kier molecular flexibility index (Phi) is 19.2. The number of rotatable bonds is 6. The van der Waals surface area contributed by atoms with Crippen LogP contribution in [-0.2, 0) is 19.5 Å². The third kappa shape index (κ3) is 21.8. The fourth-order valence-corrected chi connectivity index (χ4v) is 1.44. The SMILES string of the molecule is OC(CC(O)C(F)(F)F)C(F)(F)F.OC(CC(O)C(F)(F)F)C(F)(F)F.OC(CC(O)C(F)(F)F)C(F)(F)F.[Zn]. The van der Waals surface area contributed by atoms with Crippen LogP contribution < -0.4 is 0 Å². The molecule has 0 saturated heterocycles. The topological polar surface area (TPSA) is 121 Å². The minimum absolute atomic E-state index is 0. The van der Waals surface area contributed by atoms with Crippen LogP contribution in [0.25, 0.3) is 0 Å². The molecular weight excluding hydrogens is 684 g/mol. The molecule has 0 aliphatic heterocycles. The van der Waals surface area contributed by atoms with Crippen LogP contribution >= 0.6 is 0 Å². The molecule has 0 bridgehead atoms. The summed E-state index contributed by atoms with van der Waals surface area (Å²) in [5.41, 5.74) is 0. The Bertz CT molecular complexity index is 527. The molecule has 6 N–H and O–H groups in total. The number of aliphatic hydroxyl groups is 6. The van der Waals surface area contributed by atoms with Gasteiger partial charge < -0.3 is 30.6 Å². The first-order valence-electron chi connectivity index (χ1n) is 9.13. The Morgan fingerprint density at radius 1 is 0.275 bits per heavy atom.